The molecule has 0 aromatic heterocycles. The van der Waals surface area contributed by atoms with E-state index >= 15 is 0 Å². The highest BCUT2D eigenvalue weighted by Gasteiger charge is 2.28. The molecule has 2 aromatic carbocycles. The van der Waals surface area contributed by atoms with Crippen LogP contribution in [0.1, 0.15) is 43.8 Å². The molecule has 0 aliphatic heterocycles. The number of nitrogens with zero attached hydrogens (tertiary/aromatic N) is 1. The summed E-state index contributed by atoms with van der Waals surface area (Å²) in [4.78, 5) is 35.7. The van der Waals surface area contributed by atoms with E-state index in [1.807, 2.05) is 0 Å². The molecule has 0 radical (unpaired) electrons. The molecule has 1 aliphatic rings. The number of amides is 1. The summed E-state index contributed by atoms with van der Waals surface area (Å²) in [5.41, 5.74) is 0.395. The van der Waals surface area contributed by atoms with Crippen LogP contribution in [-0.4, -0.2) is 16.8 Å². The normalized spacial score (nSPS) is 14.9. The van der Waals surface area contributed by atoms with E-state index in [1.54, 1.807) is 30.3 Å². The Hall–Kier alpha value is -2.93. The molecule has 29 heavy (non-hydrogen) atoms. The van der Waals surface area contributed by atoms with Gasteiger partial charge in [0.05, 0.1) is 4.92 Å². The third-order valence-corrected chi connectivity index (χ3v) is 5.25. The van der Waals surface area contributed by atoms with Crippen LogP contribution < -0.4 is 5.32 Å². The first-order chi connectivity index (χ1) is 13.9. The maximum absolute atomic E-state index is 12.9. The number of nitro benzene ring substituents is 1. The van der Waals surface area contributed by atoms with Gasteiger partial charge in [-0.25, -0.2) is 0 Å². The molecule has 0 unspecified atom stereocenters. The van der Waals surface area contributed by atoms with Crippen molar-refractivity contribution in [2.75, 3.05) is 5.32 Å². The lowest BCUT2D eigenvalue weighted by molar-refractivity contribution is -0.384. The number of rotatable bonds is 7. The van der Waals surface area contributed by atoms with Crippen molar-refractivity contribution in [2.24, 2.45) is 5.92 Å². The number of anilines is 1. The highest BCUT2D eigenvalue weighted by Crippen LogP contribution is 2.30. The lowest BCUT2D eigenvalue weighted by Gasteiger charge is -2.19. The van der Waals surface area contributed by atoms with Gasteiger partial charge in [-0.05, 0) is 30.9 Å². The van der Waals surface area contributed by atoms with E-state index in [1.165, 1.54) is 18.2 Å². The van der Waals surface area contributed by atoms with Gasteiger partial charge in [0.1, 0.15) is 5.02 Å². The maximum atomic E-state index is 12.9. The lowest BCUT2D eigenvalue weighted by Crippen LogP contribution is -2.26. The average Bonchev–Trinajstić information content (AvgIpc) is 3.21. The SMILES string of the molecule is O=C(CC1CCCC1)O[C@H](C(=O)Nc1ccc(Cl)c([N+](=O)[O-])c1)c1ccccc1. The molecule has 1 amide bonds. The molecular formula is C21H21ClN2O5. The van der Waals surface area contributed by atoms with Crippen molar-refractivity contribution in [3.8, 4) is 0 Å². The smallest absolute Gasteiger partial charge is 0.307 e. The standard InChI is InChI=1S/C21H21ClN2O5/c22-17-11-10-16(13-18(17)24(27)28)23-21(26)20(15-8-2-1-3-9-15)29-19(25)12-14-6-4-5-7-14/h1-3,8-11,13-14,20H,4-7,12H2,(H,23,26)/t20-/m0/s1. The second-order valence-corrected chi connectivity index (χ2v) is 7.45. The van der Waals surface area contributed by atoms with Gasteiger partial charge in [-0.15, -0.1) is 0 Å². The van der Waals surface area contributed by atoms with Crippen LogP contribution in [0.25, 0.3) is 0 Å². The van der Waals surface area contributed by atoms with E-state index in [-0.39, 0.29) is 22.8 Å². The van der Waals surface area contributed by atoms with Crippen LogP contribution >= 0.6 is 11.6 Å². The van der Waals surface area contributed by atoms with E-state index in [4.69, 9.17) is 16.3 Å². The summed E-state index contributed by atoms with van der Waals surface area (Å²) in [6.45, 7) is 0. The minimum Gasteiger partial charge on any atom is -0.447 e. The topological polar surface area (TPSA) is 98.5 Å². The summed E-state index contributed by atoms with van der Waals surface area (Å²) in [5, 5.41) is 13.6. The van der Waals surface area contributed by atoms with Crippen LogP contribution in [0.3, 0.4) is 0 Å². The Morgan fingerprint density at radius 3 is 2.52 bits per heavy atom. The van der Waals surface area contributed by atoms with E-state index < -0.39 is 22.9 Å². The summed E-state index contributed by atoms with van der Waals surface area (Å²) in [6.07, 6.45) is 3.33. The number of esters is 1. The Labute approximate surface area is 173 Å². The average molecular weight is 417 g/mol. The molecule has 0 saturated heterocycles. The Balaban J connectivity index is 1.76. The predicted molar refractivity (Wildman–Crippen MR) is 109 cm³/mol. The zero-order valence-electron chi connectivity index (χ0n) is 15.7. The largest absolute Gasteiger partial charge is 0.447 e. The van der Waals surface area contributed by atoms with Gasteiger partial charge in [0.2, 0.25) is 6.10 Å². The van der Waals surface area contributed by atoms with Gasteiger partial charge >= 0.3 is 5.97 Å². The molecule has 8 heteroatoms. The summed E-state index contributed by atoms with van der Waals surface area (Å²) >= 11 is 5.81. The summed E-state index contributed by atoms with van der Waals surface area (Å²) in [7, 11) is 0. The quantitative estimate of drug-likeness (QED) is 0.386. The summed E-state index contributed by atoms with van der Waals surface area (Å²) in [5.74, 6) is -0.725. The molecule has 1 N–H and O–H groups in total. The maximum Gasteiger partial charge on any atom is 0.307 e. The predicted octanol–water partition coefficient (Wildman–Crippen LogP) is 5.05. The van der Waals surface area contributed by atoms with E-state index in [0.29, 0.717) is 11.5 Å². The highest BCUT2D eigenvalue weighted by atomic mass is 35.5. The first-order valence-corrected chi connectivity index (χ1v) is 9.81. The van der Waals surface area contributed by atoms with Gasteiger partial charge in [0.25, 0.3) is 11.6 Å². The van der Waals surface area contributed by atoms with Gasteiger partial charge in [-0.3, -0.25) is 19.7 Å². The van der Waals surface area contributed by atoms with E-state index in [2.05, 4.69) is 5.32 Å². The molecule has 0 spiro atoms. The Kier molecular flexibility index (Phi) is 6.82. The fraction of sp³-hybridized carbons (Fsp3) is 0.333. The number of hydrogen-bond donors (Lipinski definition) is 1. The number of nitrogens with one attached hydrogen (secondary N) is 1. The van der Waals surface area contributed by atoms with Crippen molar-refractivity contribution in [1.82, 2.24) is 0 Å². The first kappa shape index (κ1) is 20.8. The molecule has 7 nitrogen and oxygen atoms in total. The van der Waals surface area contributed by atoms with Gasteiger partial charge in [0, 0.05) is 23.7 Å². The molecule has 0 bridgehead atoms. The van der Waals surface area contributed by atoms with Crippen LogP contribution in [-0.2, 0) is 14.3 Å². The molecule has 2 aromatic rings. The van der Waals surface area contributed by atoms with Gasteiger partial charge in [-0.2, -0.15) is 0 Å². The van der Waals surface area contributed by atoms with Crippen LogP contribution in [0, 0.1) is 16.0 Å². The van der Waals surface area contributed by atoms with E-state index in [9.17, 15) is 19.7 Å². The Morgan fingerprint density at radius 2 is 1.86 bits per heavy atom. The summed E-state index contributed by atoms with van der Waals surface area (Å²) < 4.78 is 5.52. The number of carbonyl (C=O) groups is 2. The van der Waals surface area contributed by atoms with Crippen LogP contribution in [0.5, 0.6) is 0 Å². The lowest BCUT2D eigenvalue weighted by atomic mass is 10.0. The third-order valence-electron chi connectivity index (χ3n) is 4.93. The van der Waals surface area contributed by atoms with E-state index in [0.717, 1.165) is 25.7 Å². The second-order valence-electron chi connectivity index (χ2n) is 7.05. The number of nitro groups is 1. The monoisotopic (exact) mass is 416 g/mol. The van der Waals surface area contributed by atoms with Crippen molar-refractivity contribution in [2.45, 2.75) is 38.2 Å². The van der Waals surface area contributed by atoms with Gasteiger partial charge < -0.3 is 10.1 Å². The van der Waals surface area contributed by atoms with Gasteiger partial charge in [0.15, 0.2) is 0 Å². The van der Waals surface area contributed by atoms with Crippen molar-refractivity contribution in [3.63, 3.8) is 0 Å². The number of ether oxygens (including phenoxy) is 1. The van der Waals surface area contributed by atoms with Crippen LogP contribution in [0.4, 0.5) is 11.4 Å². The number of hydrogen-bond acceptors (Lipinski definition) is 5. The molecule has 1 atom stereocenters. The van der Waals surface area contributed by atoms with Crippen molar-refractivity contribution in [3.05, 3.63) is 69.2 Å². The van der Waals surface area contributed by atoms with Gasteiger partial charge in [-0.1, -0.05) is 54.8 Å². The number of carbonyl (C=O) groups excluding carboxylic acids is 2. The fourth-order valence-corrected chi connectivity index (χ4v) is 3.66. The minimum atomic E-state index is -1.15. The number of benzene rings is 2. The van der Waals surface area contributed by atoms with Crippen LogP contribution in [0.15, 0.2) is 48.5 Å². The second kappa shape index (κ2) is 9.52. The molecule has 1 saturated carbocycles. The van der Waals surface area contributed by atoms with Crippen molar-refractivity contribution < 1.29 is 19.2 Å². The molecule has 3 rings (SSSR count). The Bertz CT molecular complexity index is 897. The Morgan fingerprint density at radius 1 is 1.17 bits per heavy atom. The first-order valence-electron chi connectivity index (χ1n) is 9.43. The summed E-state index contributed by atoms with van der Waals surface area (Å²) in [6, 6.07) is 12.6. The minimum absolute atomic E-state index is 0.0319. The third kappa shape index (κ3) is 5.54. The van der Waals surface area contributed by atoms with Crippen LogP contribution in [0.2, 0.25) is 5.02 Å². The van der Waals surface area contributed by atoms with Crippen molar-refractivity contribution >= 4 is 34.9 Å². The van der Waals surface area contributed by atoms with Crippen molar-refractivity contribution in [1.29, 1.82) is 0 Å². The molecule has 1 aliphatic carbocycles. The zero-order chi connectivity index (χ0) is 20.8. The fourth-order valence-electron chi connectivity index (χ4n) is 3.47. The molecule has 1 fully saturated rings. The molecule has 152 valence electrons. The highest BCUT2D eigenvalue weighted by molar-refractivity contribution is 6.32. The molecular weight excluding hydrogens is 396 g/mol. The zero-order valence-corrected chi connectivity index (χ0v) is 16.4. The molecule has 0 heterocycles. The number of halogens is 1.